The van der Waals surface area contributed by atoms with Gasteiger partial charge in [0.2, 0.25) is 0 Å². The number of fused-ring (bicyclic) bond motifs is 1. The minimum atomic E-state index is 0.783. The van der Waals surface area contributed by atoms with Gasteiger partial charge in [-0.15, -0.1) is 5.10 Å². The molecule has 0 atom stereocenters. The van der Waals surface area contributed by atoms with Gasteiger partial charge >= 0.3 is 0 Å². The molecule has 2 N–H and O–H groups in total. The Morgan fingerprint density at radius 2 is 2.14 bits per heavy atom. The molecule has 1 aliphatic heterocycles. The third-order valence-corrected chi connectivity index (χ3v) is 3.64. The summed E-state index contributed by atoms with van der Waals surface area (Å²) in [5.74, 6) is 7.60. The third kappa shape index (κ3) is 1.90. The van der Waals surface area contributed by atoms with Crippen LogP contribution in [0.2, 0.25) is 0 Å². The minimum Gasteiger partial charge on any atom is -0.294 e. The van der Waals surface area contributed by atoms with Crippen LogP contribution < -0.4 is 10.9 Å². The molecule has 0 aliphatic carbocycles. The second-order valence-corrected chi connectivity index (χ2v) is 5.10. The quantitative estimate of drug-likeness (QED) is 0.709. The molecule has 7 heteroatoms. The monoisotopic (exact) mass is 281 g/mol. The predicted octanol–water partition coefficient (Wildman–Crippen LogP) is 0.998. The van der Waals surface area contributed by atoms with E-state index in [1.165, 1.54) is 0 Å². The Kier molecular flexibility index (Phi) is 2.55. The number of hydrogen-bond donors (Lipinski definition) is 1. The Bertz CT molecular complexity index is 788. The maximum atomic E-state index is 5.97. The second kappa shape index (κ2) is 4.42. The van der Waals surface area contributed by atoms with Gasteiger partial charge in [-0.05, 0) is 25.5 Å². The Balaban J connectivity index is 1.83. The summed E-state index contributed by atoms with van der Waals surface area (Å²) in [7, 11) is 0. The first-order valence-electron chi connectivity index (χ1n) is 6.81. The molecular formula is C14H15N7. The zero-order valence-electron chi connectivity index (χ0n) is 11.6. The van der Waals surface area contributed by atoms with Gasteiger partial charge in [-0.25, -0.2) is 20.2 Å². The van der Waals surface area contributed by atoms with Gasteiger partial charge < -0.3 is 0 Å². The van der Waals surface area contributed by atoms with E-state index >= 15 is 0 Å². The van der Waals surface area contributed by atoms with Crippen molar-refractivity contribution in [3.8, 4) is 11.5 Å². The van der Waals surface area contributed by atoms with Gasteiger partial charge in [0.05, 0.1) is 5.69 Å². The van der Waals surface area contributed by atoms with Crippen molar-refractivity contribution in [2.45, 2.75) is 13.3 Å². The fourth-order valence-electron chi connectivity index (χ4n) is 2.66. The first-order chi connectivity index (χ1) is 10.2. The smallest absolute Gasteiger partial charge is 0.175 e. The number of pyridine rings is 1. The van der Waals surface area contributed by atoms with Crippen molar-refractivity contribution in [2.24, 2.45) is 5.84 Å². The van der Waals surface area contributed by atoms with E-state index in [-0.39, 0.29) is 0 Å². The molecule has 4 heterocycles. The number of nitrogens with two attached hydrogens (primary N) is 1. The topological polar surface area (TPSA) is 77.8 Å². The second-order valence-electron chi connectivity index (χ2n) is 5.10. The molecule has 0 radical (unpaired) electrons. The number of nitrogens with zero attached hydrogens (tertiary/aromatic N) is 6. The molecule has 3 aromatic rings. The molecular weight excluding hydrogens is 266 g/mol. The highest BCUT2D eigenvalue weighted by molar-refractivity contribution is 5.60. The van der Waals surface area contributed by atoms with E-state index in [0.717, 1.165) is 41.5 Å². The van der Waals surface area contributed by atoms with Gasteiger partial charge in [0.1, 0.15) is 5.82 Å². The Labute approximate surface area is 121 Å². The third-order valence-electron chi connectivity index (χ3n) is 3.64. The lowest BCUT2D eigenvalue weighted by molar-refractivity contribution is 0.788. The summed E-state index contributed by atoms with van der Waals surface area (Å²) in [5, 5.41) is 10.5. The molecule has 4 rings (SSSR count). The standard InChI is InChI=1S/C14H15N7/c1-10-9-12(11-3-7-19(15)14(11)17-10)20-8-4-13(18-20)21-6-2-5-16-21/h2,4-6,8-9H,3,7,15H2,1H3. The first-order valence-corrected chi connectivity index (χ1v) is 6.81. The zero-order chi connectivity index (χ0) is 14.4. The van der Waals surface area contributed by atoms with Crippen molar-refractivity contribution < 1.29 is 0 Å². The van der Waals surface area contributed by atoms with Crippen molar-refractivity contribution in [1.29, 1.82) is 0 Å². The molecule has 0 spiro atoms. The molecule has 0 saturated heterocycles. The summed E-state index contributed by atoms with van der Waals surface area (Å²) in [6.45, 7) is 2.75. The molecule has 0 unspecified atom stereocenters. The largest absolute Gasteiger partial charge is 0.294 e. The SMILES string of the molecule is Cc1cc(-n2ccc(-n3cccn3)n2)c2c(n1)N(N)CC2. The summed E-state index contributed by atoms with van der Waals surface area (Å²) in [4.78, 5) is 4.52. The van der Waals surface area contributed by atoms with Gasteiger partial charge in [0.25, 0.3) is 0 Å². The van der Waals surface area contributed by atoms with Crippen molar-refractivity contribution in [3.63, 3.8) is 0 Å². The van der Waals surface area contributed by atoms with Crippen LogP contribution >= 0.6 is 0 Å². The molecule has 0 bridgehead atoms. The van der Waals surface area contributed by atoms with Crippen molar-refractivity contribution in [3.05, 3.63) is 48.0 Å². The number of hydrogen-bond acceptors (Lipinski definition) is 5. The van der Waals surface area contributed by atoms with Crippen LogP contribution in [-0.2, 0) is 6.42 Å². The zero-order valence-corrected chi connectivity index (χ0v) is 11.6. The van der Waals surface area contributed by atoms with Crippen LogP contribution in [0.15, 0.2) is 36.8 Å². The molecule has 21 heavy (non-hydrogen) atoms. The predicted molar refractivity (Wildman–Crippen MR) is 78.5 cm³/mol. The maximum Gasteiger partial charge on any atom is 0.175 e. The van der Waals surface area contributed by atoms with E-state index in [1.54, 1.807) is 15.9 Å². The number of rotatable bonds is 2. The Morgan fingerprint density at radius 1 is 1.24 bits per heavy atom. The first kappa shape index (κ1) is 12.1. The van der Waals surface area contributed by atoms with E-state index in [0.29, 0.717) is 0 Å². The highest BCUT2D eigenvalue weighted by Crippen LogP contribution is 2.29. The van der Waals surface area contributed by atoms with E-state index in [1.807, 2.05) is 42.2 Å². The van der Waals surface area contributed by atoms with Gasteiger partial charge in [-0.3, -0.25) is 5.01 Å². The van der Waals surface area contributed by atoms with Crippen LogP contribution in [0.3, 0.4) is 0 Å². The highest BCUT2D eigenvalue weighted by atomic mass is 15.4. The highest BCUT2D eigenvalue weighted by Gasteiger charge is 2.23. The number of aryl methyl sites for hydroxylation is 1. The molecule has 106 valence electrons. The lowest BCUT2D eigenvalue weighted by Crippen LogP contribution is -2.28. The fraction of sp³-hybridized carbons (Fsp3) is 0.214. The molecule has 0 amide bonds. The van der Waals surface area contributed by atoms with Crippen LogP contribution in [0.4, 0.5) is 5.82 Å². The Hall–Kier alpha value is -2.67. The number of anilines is 1. The van der Waals surface area contributed by atoms with Gasteiger partial charge in [-0.1, -0.05) is 0 Å². The van der Waals surface area contributed by atoms with Crippen LogP contribution in [0.5, 0.6) is 0 Å². The van der Waals surface area contributed by atoms with Crippen molar-refractivity contribution >= 4 is 5.82 Å². The molecule has 1 aliphatic rings. The summed E-state index contributed by atoms with van der Waals surface area (Å²) in [6, 6.07) is 5.85. The summed E-state index contributed by atoms with van der Waals surface area (Å²) < 4.78 is 3.60. The van der Waals surface area contributed by atoms with Crippen molar-refractivity contribution in [1.82, 2.24) is 24.5 Å². The minimum absolute atomic E-state index is 0.783. The fourth-order valence-corrected chi connectivity index (χ4v) is 2.66. The Morgan fingerprint density at radius 3 is 2.95 bits per heavy atom. The van der Waals surface area contributed by atoms with Crippen molar-refractivity contribution in [2.75, 3.05) is 11.6 Å². The average molecular weight is 281 g/mol. The lowest BCUT2D eigenvalue weighted by Gasteiger charge is -2.13. The van der Waals surface area contributed by atoms with E-state index < -0.39 is 0 Å². The molecule has 7 nitrogen and oxygen atoms in total. The summed E-state index contributed by atoms with van der Waals surface area (Å²) >= 11 is 0. The molecule has 0 fully saturated rings. The molecule has 0 saturated carbocycles. The van der Waals surface area contributed by atoms with Gasteiger partial charge in [0.15, 0.2) is 5.82 Å². The van der Waals surface area contributed by atoms with Gasteiger partial charge in [-0.2, -0.15) is 5.10 Å². The van der Waals surface area contributed by atoms with Crippen LogP contribution in [0.1, 0.15) is 11.3 Å². The van der Waals surface area contributed by atoms with E-state index in [4.69, 9.17) is 5.84 Å². The normalized spacial score (nSPS) is 13.7. The van der Waals surface area contributed by atoms with Crippen LogP contribution in [-0.4, -0.2) is 31.1 Å². The van der Waals surface area contributed by atoms with E-state index in [9.17, 15) is 0 Å². The van der Waals surface area contributed by atoms with Crippen LogP contribution in [0.25, 0.3) is 11.5 Å². The number of hydrazine groups is 1. The van der Waals surface area contributed by atoms with E-state index in [2.05, 4.69) is 15.2 Å². The summed E-state index contributed by atoms with van der Waals surface area (Å²) in [5.41, 5.74) is 3.10. The summed E-state index contributed by atoms with van der Waals surface area (Å²) in [6.07, 6.45) is 6.42. The molecule has 0 aromatic carbocycles. The maximum absolute atomic E-state index is 5.97. The van der Waals surface area contributed by atoms with Gasteiger partial charge in [0, 0.05) is 42.5 Å². The molecule has 3 aromatic heterocycles. The lowest BCUT2D eigenvalue weighted by atomic mass is 10.1. The number of aromatic nitrogens is 5. The average Bonchev–Trinajstić information content (AvgIpc) is 3.18. The van der Waals surface area contributed by atoms with Crippen LogP contribution in [0, 0.1) is 6.92 Å².